The Morgan fingerprint density at radius 3 is 1.98 bits per heavy atom. The molecule has 0 atom stereocenters. The van der Waals surface area contributed by atoms with E-state index in [0.717, 1.165) is 55.0 Å². The predicted molar refractivity (Wildman–Crippen MR) is 172 cm³/mol. The van der Waals surface area contributed by atoms with Crippen molar-refractivity contribution in [2.45, 2.75) is 0 Å². The molecule has 0 unspecified atom stereocenters. The second kappa shape index (κ2) is 8.88. The first-order valence-corrected chi connectivity index (χ1v) is 14.1. The number of hydrogen-bond acceptors (Lipinski definition) is 3. The van der Waals surface area contributed by atoms with Gasteiger partial charge in [-0.25, -0.2) is 9.97 Å². The largest absolute Gasteiger partial charge is 0.455 e. The number of rotatable bonds is 3. The van der Waals surface area contributed by atoms with Gasteiger partial charge in [-0.05, 0) is 59.0 Å². The van der Waals surface area contributed by atoms with Crippen molar-refractivity contribution in [2.24, 2.45) is 0 Å². The van der Waals surface area contributed by atoms with Gasteiger partial charge in [-0.1, -0.05) is 84.9 Å². The average Bonchev–Trinajstić information content (AvgIpc) is 3.62. The van der Waals surface area contributed by atoms with E-state index in [2.05, 4.69) is 130 Å². The fourth-order valence-electron chi connectivity index (χ4n) is 6.46. The molecule has 0 aliphatic rings. The summed E-state index contributed by atoms with van der Waals surface area (Å²) in [4.78, 5) is 9.09. The lowest BCUT2D eigenvalue weighted by Gasteiger charge is -2.12. The molecular weight excluding hydrogens is 514 g/mol. The van der Waals surface area contributed by atoms with E-state index >= 15 is 0 Å². The number of hydrogen-bond donors (Lipinski definition) is 0. The minimum atomic E-state index is 0.703. The summed E-state index contributed by atoms with van der Waals surface area (Å²) < 4.78 is 9.09. The van der Waals surface area contributed by atoms with Crippen LogP contribution in [0.5, 0.6) is 0 Å². The summed E-state index contributed by atoms with van der Waals surface area (Å²) in [5.41, 5.74) is 8.49. The minimum absolute atomic E-state index is 0.703. The zero-order chi connectivity index (χ0) is 27.6. The molecule has 9 aromatic rings. The maximum Gasteiger partial charge on any atom is 0.159 e. The molecule has 0 bridgehead atoms. The van der Waals surface area contributed by atoms with E-state index in [-0.39, 0.29) is 0 Å². The lowest BCUT2D eigenvalue weighted by atomic mass is 9.99. The fraction of sp³-hybridized carbons (Fsp3) is 0. The Morgan fingerprint density at radius 1 is 0.500 bits per heavy atom. The van der Waals surface area contributed by atoms with Crippen molar-refractivity contribution in [1.29, 1.82) is 0 Å². The third-order valence-corrected chi connectivity index (χ3v) is 8.30. The van der Waals surface area contributed by atoms with Gasteiger partial charge >= 0.3 is 0 Å². The van der Waals surface area contributed by atoms with Crippen LogP contribution < -0.4 is 0 Å². The Morgan fingerprint density at radius 2 is 1.17 bits per heavy atom. The average molecular weight is 538 g/mol. The Kier molecular flexibility index (Phi) is 4.87. The van der Waals surface area contributed by atoms with Gasteiger partial charge in [0.15, 0.2) is 5.82 Å². The molecule has 6 aromatic carbocycles. The first-order chi connectivity index (χ1) is 20.8. The van der Waals surface area contributed by atoms with Crippen LogP contribution in [0.4, 0.5) is 0 Å². The zero-order valence-electron chi connectivity index (χ0n) is 22.5. The van der Waals surface area contributed by atoms with Crippen LogP contribution in [0.25, 0.3) is 82.7 Å². The van der Waals surface area contributed by atoms with Crippen LogP contribution in [-0.2, 0) is 0 Å². The predicted octanol–water partition coefficient (Wildman–Crippen LogP) is 9.96. The second-order valence-corrected chi connectivity index (χ2v) is 10.6. The number of furan rings is 1. The van der Waals surface area contributed by atoms with Gasteiger partial charge in [0.25, 0.3) is 0 Å². The van der Waals surface area contributed by atoms with Crippen LogP contribution in [0.1, 0.15) is 0 Å². The van der Waals surface area contributed by atoms with Crippen molar-refractivity contribution >= 4 is 54.5 Å². The summed E-state index contributed by atoms with van der Waals surface area (Å²) >= 11 is 0. The highest BCUT2D eigenvalue weighted by Crippen LogP contribution is 2.46. The fourth-order valence-corrected chi connectivity index (χ4v) is 6.46. The Bertz CT molecular complexity index is 2440. The van der Waals surface area contributed by atoms with E-state index in [4.69, 9.17) is 4.42 Å². The maximum atomic E-state index is 6.71. The van der Waals surface area contributed by atoms with Gasteiger partial charge in [-0.15, -0.1) is 0 Å². The molecule has 42 heavy (non-hydrogen) atoms. The highest BCUT2D eigenvalue weighted by molar-refractivity contribution is 6.35. The first-order valence-electron chi connectivity index (χ1n) is 14.1. The van der Waals surface area contributed by atoms with Gasteiger partial charge in [-0.2, -0.15) is 0 Å². The van der Waals surface area contributed by atoms with Crippen molar-refractivity contribution in [1.82, 2.24) is 14.5 Å². The normalized spacial score (nSPS) is 11.8. The molecular formula is C38H23N3O. The third-order valence-electron chi connectivity index (χ3n) is 8.30. The minimum Gasteiger partial charge on any atom is -0.455 e. The van der Waals surface area contributed by atoms with Crippen LogP contribution in [0.15, 0.2) is 144 Å². The molecule has 4 nitrogen and oxygen atoms in total. The monoisotopic (exact) mass is 537 g/mol. The lowest BCUT2D eigenvalue weighted by molar-refractivity contribution is 0.673. The number of para-hydroxylation sites is 1. The van der Waals surface area contributed by atoms with Gasteiger partial charge in [0, 0.05) is 45.2 Å². The standard InChI is InChI=1S/C38H23N3O/c1-2-9-24(10-3-1)25-15-18-27(19-16-25)41-32-20-17-26(38-39-21-8-22-40-38)23-31(32)35-36(41)29-12-5-4-11-28(29)34-30-13-6-7-14-33(30)42-37(34)35/h1-23H. The van der Waals surface area contributed by atoms with Crippen molar-refractivity contribution in [2.75, 3.05) is 0 Å². The molecule has 0 amide bonds. The van der Waals surface area contributed by atoms with Crippen LogP contribution >= 0.6 is 0 Å². The Hall–Kier alpha value is -5.74. The molecule has 3 heterocycles. The number of aromatic nitrogens is 3. The number of benzene rings is 6. The van der Waals surface area contributed by atoms with Crippen molar-refractivity contribution in [3.63, 3.8) is 0 Å². The van der Waals surface area contributed by atoms with Crippen LogP contribution in [0, 0.1) is 0 Å². The molecule has 0 aliphatic heterocycles. The Balaban J connectivity index is 1.45. The maximum absolute atomic E-state index is 6.71. The molecule has 0 fully saturated rings. The summed E-state index contributed by atoms with van der Waals surface area (Å²) in [7, 11) is 0. The van der Waals surface area contributed by atoms with E-state index in [9.17, 15) is 0 Å². The van der Waals surface area contributed by atoms with Gasteiger partial charge in [0.05, 0.1) is 16.4 Å². The van der Waals surface area contributed by atoms with Crippen LogP contribution in [0.3, 0.4) is 0 Å². The van der Waals surface area contributed by atoms with Gasteiger partial charge in [-0.3, -0.25) is 0 Å². The molecule has 196 valence electrons. The number of fused-ring (bicyclic) bond motifs is 10. The van der Waals surface area contributed by atoms with Gasteiger partial charge in [0.2, 0.25) is 0 Å². The first kappa shape index (κ1) is 23.0. The highest BCUT2D eigenvalue weighted by Gasteiger charge is 2.23. The van der Waals surface area contributed by atoms with E-state index in [0.29, 0.717) is 5.82 Å². The summed E-state index contributed by atoms with van der Waals surface area (Å²) in [5.74, 6) is 0.703. The molecule has 0 saturated carbocycles. The molecule has 0 aliphatic carbocycles. The SMILES string of the molecule is c1ccc(-c2ccc(-n3c4ccc(-c5ncccn5)cc4c4c5oc6ccccc6c5c5ccccc5c43)cc2)cc1. The summed E-state index contributed by atoms with van der Waals surface area (Å²) in [6, 6.07) is 44.7. The number of nitrogens with zero attached hydrogens (tertiary/aromatic N) is 3. The smallest absolute Gasteiger partial charge is 0.159 e. The third kappa shape index (κ3) is 3.29. The molecule has 0 N–H and O–H groups in total. The van der Waals surface area contributed by atoms with Crippen molar-refractivity contribution in [3.05, 3.63) is 140 Å². The highest BCUT2D eigenvalue weighted by atomic mass is 16.3. The molecule has 9 rings (SSSR count). The molecule has 0 radical (unpaired) electrons. The van der Waals surface area contributed by atoms with Crippen LogP contribution in [-0.4, -0.2) is 14.5 Å². The van der Waals surface area contributed by atoms with Gasteiger partial charge in [0.1, 0.15) is 11.2 Å². The summed E-state index contributed by atoms with van der Waals surface area (Å²) in [6.07, 6.45) is 3.57. The molecule has 4 heteroatoms. The Labute approximate surface area is 241 Å². The summed E-state index contributed by atoms with van der Waals surface area (Å²) in [6.45, 7) is 0. The van der Waals surface area contributed by atoms with E-state index < -0.39 is 0 Å². The molecule has 3 aromatic heterocycles. The van der Waals surface area contributed by atoms with Gasteiger partial charge < -0.3 is 8.98 Å². The summed E-state index contributed by atoms with van der Waals surface area (Å²) in [5, 5.41) is 6.85. The molecule has 0 saturated heterocycles. The molecule has 0 spiro atoms. The quantitative estimate of drug-likeness (QED) is 0.225. The van der Waals surface area contributed by atoms with E-state index in [1.165, 1.54) is 21.9 Å². The zero-order valence-corrected chi connectivity index (χ0v) is 22.5. The van der Waals surface area contributed by atoms with Crippen molar-refractivity contribution < 1.29 is 4.42 Å². The van der Waals surface area contributed by atoms with E-state index in [1.54, 1.807) is 12.4 Å². The van der Waals surface area contributed by atoms with Crippen molar-refractivity contribution in [3.8, 4) is 28.2 Å². The van der Waals surface area contributed by atoms with Crippen LogP contribution in [0.2, 0.25) is 0 Å². The topological polar surface area (TPSA) is 43.9 Å². The van der Waals surface area contributed by atoms with E-state index in [1.807, 2.05) is 12.1 Å². The second-order valence-electron chi connectivity index (χ2n) is 10.6. The lowest BCUT2D eigenvalue weighted by Crippen LogP contribution is -1.95.